The van der Waals surface area contributed by atoms with Crippen LogP contribution in [0.4, 0.5) is 0 Å². The van der Waals surface area contributed by atoms with E-state index in [1.807, 2.05) is 30.3 Å². The van der Waals surface area contributed by atoms with Gasteiger partial charge in [-0.05, 0) is 12.5 Å². The minimum absolute atomic E-state index is 0.119. The third-order valence-electron chi connectivity index (χ3n) is 2.96. The van der Waals surface area contributed by atoms with E-state index in [-0.39, 0.29) is 12.5 Å². The Hall–Kier alpha value is -2.37. The van der Waals surface area contributed by atoms with Crippen LogP contribution in [0.3, 0.4) is 0 Å². The molecule has 6 heteroatoms. The monoisotopic (exact) mass is 321 g/mol. The van der Waals surface area contributed by atoms with Crippen LogP contribution in [0.25, 0.3) is 0 Å². The van der Waals surface area contributed by atoms with Gasteiger partial charge in [0.15, 0.2) is 6.61 Å². The SMILES string of the molecule is C[C@H](NC(=O)C(C)(C)C)C(=O)OCC(=O)OCc1ccccc1. The van der Waals surface area contributed by atoms with Crippen LogP contribution in [-0.4, -0.2) is 30.5 Å². The summed E-state index contributed by atoms with van der Waals surface area (Å²) < 4.78 is 9.83. The van der Waals surface area contributed by atoms with Crippen molar-refractivity contribution in [3.8, 4) is 0 Å². The molecular weight excluding hydrogens is 298 g/mol. The van der Waals surface area contributed by atoms with Crippen LogP contribution >= 0.6 is 0 Å². The molecule has 1 atom stereocenters. The number of benzene rings is 1. The zero-order valence-corrected chi connectivity index (χ0v) is 13.9. The van der Waals surface area contributed by atoms with Crippen molar-refractivity contribution < 1.29 is 23.9 Å². The largest absolute Gasteiger partial charge is 0.458 e. The van der Waals surface area contributed by atoms with Crippen molar-refractivity contribution in [3.63, 3.8) is 0 Å². The summed E-state index contributed by atoms with van der Waals surface area (Å²) in [5.41, 5.74) is 0.237. The van der Waals surface area contributed by atoms with Crippen molar-refractivity contribution in [1.82, 2.24) is 5.32 Å². The molecule has 126 valence electrons. The summed E-state index contributed by atoms with van der Waals surface area (Å²) in [7, 11) is 0. The normalized spacial score (nSPS) is 12.2. The molecule has 0 saturated heterocycles. The molecule has 0 aromatic heterocycles. The van der Waals surface area contributed by atoms with Gasteiger partial charge in [0.05, 0.1) is 0 Å². The Balaban J connectivity index is 2.32. The van der Waals surface area contributed by atoms with Gasteiger partial charge in [0.1, 0.15) is 12.6 Å². The predicted molar refractivity (Wildman–Crippen MR) is 84.3 cm³/mol. The quantitative estimate of drug-likeness (QED) is 0.808. The van der Waals surface area contributed by atoms with Gasteiger partial charge in [-0.3, -0.25) is 4.79 Å². The maximum Gasteiger partial charge on any atom is 0.344 e. The summed E-state index contributed by atoms with van der Waals surface area (Å²) >= 11 is 0. The van der Waals surface area contributed by atoms with Gasteiger partial charge in [-0.2, -0.15) is 0 Å². The van der Waals surface area contributed by atoms with Gasteiger partial charge < -0.3 is 14.8 Å². The van der Waals surface area contributed by atoms with Crippen LogP contribution in [-0.2, 0) is 30.5 Å². The van der Waals surface area contributed by atoms with Crippen molar-refractivity contribution in [2.45, 2.75) is 40.3 Å². The highest BCUT2D eigenvalue weighted by atomic mass is 16.6. The van der Waals surface area contributed by atoms with E-state index in [0.717, 1.165) is 5.56 Å². The molecule has 6 nitrogen and oxygen atoms in total. The maximum atomic E-state index is 11.8. The first-order valence-corrected chi connectivity index (χ1v) is 7.37. The lowest BCUT2D eigenvalue weighted by molar-refractivity contribution is -0.161. The Bertz CT molecular complexity index is 548. The van der Waals surface area contributed by atoms with Crippen LogP contribution < -0.4 is 5.32 Å². The van der Waals surface area contributed by atoms with Crippen LogP contribution in [0.1, 0.15) is 33.3 Å². The third kappa shape index (κ3) is 6.95. The number of nitrogens with one attached hydrogen (secondary N) is 1. The Morgan fingerprint density at radius 2 is 1.70 bits per heavy atom. The smallest absolute Gasteiger partial charge is 0.344 e. The van der Waals surface area contributed by atoms with E-state index >= 15 is 0 Å². The number of esters is 2. The van der Waals surface area contributed by atoms with E-state index in [1.165, 1.54) is 6.92 Å². The molecule has 0 radical (unpaired) electrons. The molecule has 0 unspecified atom stereocenters. The fourth-order valence-electron chi connectivity index (χ4n) is 1.51. The van der Waals surface area contributed by atoms with E-state index in [4.69, 9.17) is 9.47 Å². The molecule has 23 heavy (non-hydrogen) atoms. The highest BCUT2D eigenvalue weighted by molar-refractivity contribution is 5.87. The number of rotatable bonds is 6. The lowest BCUT2D eigenvalue weighted by Crippen LogP contribution is -2.45. The van der Waals surface area contributed by atoms with Crippen LogP contribution in [0.15, 0.2) is 30.3 Å². The van der Waals surface area contributed by atoms with E-state index in [2.05, 4.69) is 5.32 Å². The molecule has 1 rings (SSSR count). The second-order valence-electron chi connectivity index (χ2n) is 6.20. The molecule has 0 fully saturated rings. The first kappa shape index (κ1) is 18.7. The second-order valence-corrected chi connectivity index (χ2v) is 6.20. The van der Waals surface area contributed by atoms with Crippen molar-refractivity contribution in [3.05, 3.63) is 35.9 Å². The topological polar surface area (TPSA) is 81.7 Å². The van der Waals surface area contributed by atoms with Gasteiger partial charge in [0.2, 0.25) is 5.91 Å². The van der Waals surface area contributed by atoms with Crippen LogP contribution in [0, 0.1) is 5.41 Å². The van der Waals surface area contributed by atoms with E-state index in [9.17, 15) is 14.4 Å². The molecule has 0 bridgehead atoms. The van der Waals surface area contributed by atoms with Crippen LogP contribution in [0.2, 0.25) is 0 Å². The number of carbonyl (C=O) groups is 3. The van der Waals surface area contributed by atoms with Gasteiger partial charge in [0.25, 0.3) is 0 Å². The van der Waals surface area contributed by atoms with E-state index in [1.54, 1.807) is 20.8 Å². The molecule has 1 aromatic rings. The molecular formula is C17H23NO5. The van der Waals surface area contributed by atoms with Gasteiger partial charge in [-0.25, -0.2) is 9.59 Å². The van der Waals surface area contributed by atoms with Gasteiger partial charge >= 0.3 is 11.9 Å². The molecule has 0 spiro atoms. The van der Waals surface area contributed by atoms with E-state index in [0.29, 0.717) is 0 Å². The number of amides is 1. The van der Waals surface area contributed by atoms with E-state index < -0.39 is 30.0 Å². The molecule has 0 aliphatic rings. The minimum atomic E-state index is -0.830. The summed E-state index contributed by atoms with van der Waals surface area (Å²) in [5.74, 6) is -1.59. The zero-order valence-electron chi connectivity index (χ0n) is 13.9. The highest BCUT2D eigenvalue weighted by Gasteiger charge is 2.26. The number of ether oxygens (including phenoxy) is 2. The average molecular weight is 321 g/mol. The minimum Gasteiger partial charge on any atom is -0.458 e. The summed E-state index contributed by atoms with van der Waals surface area (Å²) in [6.45, 7) is 6.35. The molecule has 1 N–H and O–H groups in total. The second kappa shape index (κ2) is 8.31. The molecule has 1 amide bonds. The lowest BCUT2D eigenvalue weighted by Gasteiger charge is -2.20. The predicted octanol–water partition coefficient (Wildman–Crippen LogP) is 1.82. The molecule has 1 aromatic carbocycles. The summed E-state index contributed by atoms with van der Waals surface area (Å²) in [4.78, 5) is 35.0. The first-order valence-electron chi connectivity index (χ1n) is 7.37. The summed E-state index contributed by atoms with van der Waals surface area (Å²) in [5, 5.41) is 2.54. The highest BCUT2D eigenvalue weighted by Crippen LogP contribution is 2.12. The number of hydrogen-bond acceptors (Lipinski definition) is 5. The molecule has 0 aliphatic heterocycles. The van der Waals surface area contributed by atoms with Gasteiger partial charge in [0, 0.05) is 5.41 Å². The van der Waals surface area contributed by atoms with Crippen molar-refractivity contribution in [2.24, 2.45) is 5.41 Å². The van der Waals surface area contributed by atoms with Crippen molar-refractivity contribution in [1.29, 1.82) is 0 Å². The molecule has 0 aliphatic carbocycles. The fraction of sp³-hybridized carbons (Fsp3) is 0.471. The van der Waals surface area contributed by atoms with Crippen LogP contribution in [0.5, 0.6) is 0 Å². The Morgan fingerprint density at radius 1 is 1.09 bits per heavy atom. The fourth-order valence-corrected chi connectivity index (χ4v) is 1.51. The molecule has 0 heterocycles. The molecule has 0 saturated carbocycles. The third-order valence-corrected chi connectivity index (χ3v) is 2.96. The number of hydrogen-bond donors (Lipinski definition) is 1. The Kier molecular flexibility index (Phi) is 6.75. The van der Waals surface area contributed by atoms with Crippen molar-refractivity contribution in [2.75, 3.05) is 6.61 Å². The van der Waals surface area contributed by atoms with Gasteiger partial charge in [-0.15, -0.1) is 0 Å². The first-order chi connectivity index (χ1) is 10.7. The zero-order chi connectivity index (χ0) is 17.5. The summed E-state index contributed by atoms with van der Waals surface area (Å²) in [6.07, 6.45) is 0. The Morgan fingerprint density at radius 3 is 2.26 bits per heavy atom. The lowest BCUT2D eigenvalue weighted by atomic mass is 9.95. The standard InChI is InChI=1S/C17H23NO5/c1-12(18-16(21)17(2,3)4)15(20)23-11-14(19)22-10-13-8-6-5-7-9-13/h5-9,12H,10-11H2,1-4H3,(H,18,21)/t12-/m0/s1. The maximum absolute atomic E-state index is 11.8. The summed E-state index contributed by atoms with van der Waals surface area (Å²) in [6, 6.07) is 8.35. The number of carbonyl (C=O) groups excluding carboxylic acids is 3. The van der Waals surface area contributed by atoms with Crippen molar-refractivity contribution >= 4 is 17.8 Å². The average Bonchev–Trinajstić information content (AvgIpc) is 2.50. The van der Waals surface area contributed by atoms with Gasteiger partial charge in [-0.1, -0.05) is 51.1 Å². The Labute approximate surface area is 136 Å².